The van der Waals surface area contributed by atoms with Crippen LogP contribution in [0.2, 0.25) is 0 Å². The lowest BCUT2D eigenvalue weighted by Gasteiger charge is -2.39. The summed E-state index contributed by atoms with van der Waals surface area (Å²) in [6.07, 6.45) is 52.4. The Labute approximate surface area is 409 Å². The molecule has 0 aromatic carbocycles. The molecule has 0 aromatic heterocycles. The van der Waals surface area contributed by atoms with Gasteiger partial charge in [-0.2, -0.15) is 0 Å². The fourth-order valence-electron chi connectivity index (χ4n) is 8.16. The van der Waals surface area contributed by atoms with Crippen LogP contribution in [0.3, 0.4) is 0 Å². The molecular weight excluding hydrogens is 845 g/mol. The third-order valence-electron chi connectivity index (χ3n) is 12.4. The second kappa shape index (κ2) is 47.1. The van der Waals surface area contributed by atoms with E-state index < -0.39 is 55.4 Å². The molecule has 1 saturated heterocycles. The number of aliphatic hydroxyl groups is 4. The molecule has 388 valence electrons. The normalized spacial score (nSPS) is 19.5. The number of allylic oxidation sites excluding steroid dienone is 10. The predicted octanol–water partition coefficient (Wildman–Crippen LogP) is 13.3. The second-order valence-electron chi connectivity index (χ2n) is 18.7. The summed E-state index contributed by atoms with van der Waals surface area (Å²) in [4.78, 5) is 25.5. The minimum Gasteiger partial charge on any atom is -0.462 e. The van der Waals surface area contributed by atoms with Gasteiger partial charge in [-0.1, -0.05) is 222 Å². The zero-order valence-corrected chi connectivity index (χ0v) is 42.6. The van der Waals surface area contributed by atoms with Crippen molar-refractivity contribution in [1.82, 2.24) is 0 Å². The maximum atomic E-state index is 12.9. The number of unbranched alkanes of at least 4 members (excludes halogenated alkanes) is 25. The van der Waals surface area contributed by atoms with Gasteiger partial charge in [0.15, 0.2) is 12.4 Å². The first-order valence-electron chi connectivity index (χ1n) is 27.4. The third-order valence-corrected chi connectivity index (χ3v) is 12.4. The first-order valence-corrected chi connectivity index (χ1v) is 27.4. The van der Waals surface area contributed by atoms with Gasteiger partial charge in [0.1, 0.15) is 31.0 Å². The molecule has 0 spiro atoms. The van der Waals surface area contributed by atoms with Crippen LogP contribution in [0.4, 0.5) is 0 Å². The molecule has 0 amide bonds. The van der Waals surface area contributed by atoms with Crippen molar-refractivity contribution >= 4 is 11.9 Å². The molecule has 0 radical (unpaired) electrons. The molecule has 0 aliphatic carbocycles. The summed E-state index contributed by atoms with van der Waals surface area (Å²) in [5.41, 5.74) is 0. The Bertz CT molecular complexity index is 1280. The van der Waals surface area contributed by atoms with Gasteiger partial charge in [-0.05, 0) is 57.8 Å². The molecule has 1 aliphatic heterocycles. The van der Waals surface area contributed by atoms with Gasteiger partial charge in [0, 0.05) is 12.8 Å². The summed E-state index contributed by atoms with van der Waals surface area (Å²) in [7, 11) is 0. The van der Waals surface area contributed by atoms with Gasteiger partial charge in [0.25, 0.3) is 0 Å². The van der Waals surface area contributed by atoms with Crippen LogP contribution in [0, 0.1) is 0 Å². The molecule has 0 bridgehead atoms. The number of carbonyl (C=O) groups excluding carboxylic acids is 2. The van der Waals surface area contributed by atoms with Gasteiger partial charge in [-0.3, -0.25) is 9.59 Å². The van der Waals surface area contributed by atoms with Crippen LogP contribution >= 0.6 is 0 Å². The Morgan fingerprint density at radius 1 is 0.478 bits per heavy atom. The summed E-state index contributed by atoms with van der Waals surface area (Å²) in [6, 6.07) is 0. The smallest absolute Gasteiger partial charge is 0.306 e. The first kappa shape index (κ1) is 62.4. The fourth-order valence-corrected chi connectivity index (χ4v) is 8.16. The van der Waals surface area contributed by atoms with E-state index >= 15 is 0 Å². The van der Waals surface area contributed by atoms with Crippen LogP contribution < -0.4 is 0 Å². The van der Waals surface area contributed by atoms with Crippen molar-refractivity contribution in [3.05, 3.63) is 60.8 Å². The Kier molecular flexibility index (Phi) is 43.9. The first-order chi connectivity index (χ1) is 32.8. The zero-order chi connectivity index (χ0) is 48.7. The van der Waals surface area contributed by atoms with E-state index in [9.17, 15) is 30.0 Å². The van der Waals surface area contributed by atoms with Crippen LogP contribution in [0.15, 0.2) is 60.8 Å². The van der Waals surface area contributed by atoms with E-state index in [1.807, 2.05) is 0 Å². The SMILES string of the molecule is CC/C=C/C/C=C/C/C=C/C/C=C/C/C=C/CCCCCC(=O)OC[C@H](CO[C@@H]1O[C@H](CO)[C@H](O)C(O)C1O)OC(=O)CCCCCCCCCCCCCCCCCCCCCCCCC. The Morgan fingerprint density at radius 2 is 0.881 bits per heavy atom. The molecule has 1 fully saturated rings. The van der Waals surface area contributed by atoms with E-state index in [0.717, 1.165) is 70.6 Å². The lowest BCUT2D eigenvalue weighted by atomic mass is 9.99. The highest BCUT2D eigenvalue weighted by Gasteiger charge is 2.44. The highest BCUT2D eigenvalue weighted by Crippen LogP contribution is 2.23. The predicted molar refractivity (Wildman–Crippen MR) is 275 cm³/mol. The summed E-state index contributed by atoms with van der Waals surface area (Å²) in [5.74, 6) is -0.837. The van der Waals surface area contributed by atoms with E-state index in [2.05, 4.69) is 74.6 Å². The topological polar surface area (TPSA) is 152 Å². The standard InChI is InChI=1S/C57H100O10/c1-3-5-7-9-11-13-15-17-19-21-23-24-25-26-28-30-32-34-36-38-40-42-44-46-53(60)66-50(49-65-57-56(63)55(62)54(61)51(47-58)67-57)48-64-52(59)45-43-41-39-37-35-33-31-29-27-22-20-18-16-14-12-10-8-6-4-2/h6,8,12,14,18,20,27,29,33,35,50-51,54-58,61-63H,3-5,7,9-11,13,15-17,19,21-26,28,30-32,34,36-49H2,1-2H3/b8-6+,14-12+,20-18+,29-27+,35-33+/t50-,51-,54+,55?,56?,57-/m1/s1. The molecule has 10 heteroatoms. The summed E-state index contributed by atoms with van der Waals surface area (Å²) < 4.78 is 22.3. The molecule has 0 aromatic rings. The molecule has 67 heavy (non-hydrogen) atoms. The van der Waals surface area contributed by atoms with E-state index in [0.29, 0.717) is 12.8 Å². The largest absolute Gasteiger partial charge is 0.462 e. The lowest BCUT2D eigenvalue weighted by Crippen LogP contribution is -2.59. The molecule has 1 aliphatic rings. The number of ether oxygens (including phenoxy) is 4. The van der Waals surface area contributed by atoms with Crippen molar-refractivity contribution in [2.75, 3.05) is 19.8 Å². The van der Waals surface area contributed by atoms with Gasteiger partial charge in [0.05, 0.1) is 13.2 Å². The molecule has 4 N–H and O–H groups in total. The van der Waals surface area contributed by atoms with Crippen molar-refractivity contribution in [2.45, 2.75) is 269 Å². The van der Waals surface area contributed by atoms with Crippen molar-refractivity contribution in [3.8, 4) is 0 Å². The maximum Gasteiger partial charge on any atom is 0.306 e. The van der Waals surface area contributed by atoms with Crippen molar-refractivity contribution in [1.29, 1.82) is 0 Å². The number of aliphatic hydroxyl groups excluding tert-OH is 4. The maximum absolute atomic E-state index is 12.9. The molecular formula is C57H100O10. The van der Waals surface area contributed by atoms with E-state index in [1.54, 1.807) is 0 Å². The number of hydrogen-bond acceptors (Lipinski definition) is 10. The average Bonchev–Trinajstić information content (AvgIpc) is 3.33. The van der Waals surface area contributed by atoms with Crippen molar-refractivity contribution in [2.24, 2.45) is 0 Å². The van der Waals surface area contributed by atoms with Gasteiger partial charge in [-0.15, -0.1) is 0 Å². The summed E-state index contributed by atoms with van der Waals surface area (Å²) in [5, 5.41) is 40.3. The van der Waals surface area contributed by atoms with Gasteiger partial charge in [-0.25, -0.2) is 0 Å². The van der Waals surface area contributed by atoms with Crippen molar-refractivity contribution < 1.29 is 49.0 Å². The Hall–Kier alpha value is -2.60. The summed E-state index contributed by atoms with van der Waals surface area (Å²) >= 11 is 0. The molecule has 1 rings (SSSR count). The van der Waals surface area contributed by atoms with E-state index in [1.165, 1.54) is 122 Å². The lowest BCUT2D eigenvalue weighted by molar-refractivity contribution is -0.305. The highest BCUT2D eigenvalue weighted by atomic mass is 16.7. The number of carbonyl (C=O) groups is 2. The quantitative estimate of drug-likeness (QED) is 0.0264. The number of rotatable bonds is 46. The zero-order valence-electron chi connectivity index (χ0n) is 42.6. The monoisotopic (exact) mass is 945 g/mol. The molecule has 2 unspecified atom stereocenters. The van der Waals surface area contributed by atoms with E-state index in [-0.39, 0.29) is 26.1 Å². The number of hydrogen-bond donors (Lipinski definition) is 4. The van der Waals surface area contributed by atoms with Gasteiger partial charge in [0.2, 0.25) is 0 Å². The number of esters is 2. The van der Waals surface area contributed by atoms with Crippen molar-refractivity contribution in [3.63, 3.8) is 0 Å². The Balaban J connectivity index is 2.24. The van der Waals surface area contributed by atoms with Gasteiger partial charge < -0.3 is 39.4 Å². The minimum atomic E-state index is -1.60. The highest BCUT2D eigenvalue weighted by molar-refractivity contribution is 5.70. The van der Waals surface area contributed by atoms with E-state index in [4.69, 9.17) is 18.9 Å². The van der Waals surface area contributed by atoms with Crippen LogP contribution in [-0.2, 0) is 28.5 Å². The second-order valence-corrected chi connectivity index (χ2v) is 18.7. The third kappa shape index (κ3) is 37.9. The molecule has 6 atom stereocenters. The minimum absolute atomic E-state index is 0.224. The van der Waals surface area contributed by atoms with Crippen LogP contribution in [0.25, 0.3) is 0 Å². The molecule has 0 saturated carbocycles. The fraction of sp³-hybridized carbons (Fsp3) is 0.789. The van der Waals surface area contributed by atoms with Crippen LogP contribution in [0.1, 0.15) is 232 Å². The molecule has 1 heterocycles. The van der Waals surface area contributed by atoms with Crippen LogP contribution in [-0.4, -0.2) is 89.0 Å². The average molecular weight is 945 g/mol. The molecule has 10 nitrogen and oxygen atoms in total. The van der Waals surface area contributed by atoms with Crippen LogP contribution in [0.5, 0.6) is 0 Å². The van der Waals surface area contributed by atoms with Gasteiger partial charge >= 0.3 is 11.9 Å². The summed E-state index contributed by atoms with van der Waals surface area (Å²) in [6.45, 7) is 3.31. The Morgan fingerprint density at radius 3 is 1.33 bits per heavy atom.